The van der Waals surface area contributed by atoms with Crippen molar-refractivity contribution in [2.45, 2.75) is 90.2 Å². The average molecular weight is 462 g/mol. The number of carbonyl (C=O) groups is 1. The van der Waals surface area contributed by atoms with Crippen LogP contribution in [0.15, 0.2) is 36.5 Å². The van der Waals surface area contributed by atoms with E-state index in [1.165, 1.54) is 12.0 Å². The Morgan fingerprint density at radius 1 is 1.09 bits per heavy atom. The monoisotopic (exact) mass is 461 g/mol. The maximum absolute atomic E-state index is 14.0. The predicted octanol–water partition coefficient (Wildman–Crippen LogP) is 6.54. The standard InChI is InChI=1S/C29H39N3O2/c1-19(2)16-20-5-7-22(8-6-20)29(34)32-18-24-4-3-15-30-28(24)31-26-14-11-23(17-27(26)32)21-9-12-25(33)13-10-21/h3-4,11,14-15,17,19-22,25,33H,5-10,12-13,16,18H2,1-2H3,(H,30,31). The number of carbonyl (C=O) groups excluding carboxylic acids is 1. The Hall–Kier alpha value is -2.40. The summed E-state index contributed by atoms with van der Waals surface area (Å²) >= 11 is 0. The van der Waals surface area contributed by atoms with Crippen LogP contribution in [0.4, 0.5) is 17.2 Å². The first kappa shape index (κ1) is 23.3. The number of aliphatic hydroxyl groups is 1. The number of nitrogens with one attached hydrogen (secondary N) is 1. The number of hydrogen-bond donors (Lipinski definition) is 2. The van der Waals surface area contributed by atoms with Crippen LogP contribution >= 0.6 is 0 Å². The summed E-state index contributed by atoms with van der Waals surface area (Å²) in [6.07, 6.45) is 11.0. The van der Waals surface area contributed by atoms with E-state index < -0.39 is 0 Å². The van der Waals surface area contributed by atoms with E-state index in [2.05, 4.69) is 48.4 Å². The van der Waals surface area contributed by atoms with Gasteiger partial charge in [0.05, 0.1) is 24.0 Å². The lowest BCUT2D eigenvalue weighted by Gasteiger charge is -2.33. The van der Waals surface area contributed by atoms with E-state index in [1.807, 2.05) is 11.0 Å². The van der Waals surface area contributed by atoms with Gasteiger partial charge in [0, 0.05) is 17.7 Å². The molecule has 0 radical (unpaired) electrons. The number of rotatable bonds is 4. The number of benzene rings is 1. The van der Waals surface area contributed by atoms with Gasteiger partial charge in [-0.15, -0.1) is 0 Å². The Kier molecular flexibility index (Phi) is 6.91. The molecule has 182 valence electrons. The van der Waals surface area contributed by atoms with Crippen molar-refractivity contribution in [1.82, 2.24) is 4.98 Å². The number of aliphatic hydroxyl groups excluding tert-OH is 1. The summed E-state index contributed by atoms with van der Waals surface area (Å²) in [6, 6.07) is 10.6. The highest BCUT2D eigenvalue weighted by Crippen LogP contribution is 2.42. The average Bonchev–Trinajstić information content (AvgIpc) is 3.00. The number of nitrogens with zero attached hydrogens (tertiary/aromatic N) is 2. The quantitative estimate of drug-likeness (QED) is 0.542. The topological polar surface area (TPSA) is 65.5 Å². The Morgan fingerprint density at radius 2 is 1.85 bits per heavy atom. The van der Waals surface area contributed by atoms with Crippen LogP contribution in [0.3, 0.4) is 0 Å². The molecular formula is C29H39N3O2. The second kappa shape index (κ2) is 10.1. The summed E-state index contributed by atoms with van der Waals surface area (Å²) < 4.78 is 0. The molecule has 2 aromatic rings. The molecule has 1 aromatic heterocycles. The van der Waals surface area contributed by atoms with Crippen LogP contribution in [0.5, 0.6) is 0 Å². The summed E-state index contributed by atoms with van der Waals surface area (Å²) in [6.45, 7) is 5.16. The summed E-state index contributed by atoms with van der Waals surface area (Å²) in [5.41, 5.74) is 4.28. The first-order valence-electron chi connectivity index (χ1n) is 13.3. The van der Waals surface area contributed by atoms with Crippen LogP contribution in [0.25, 0.3) is 0 Å². The van der Waals surface area contributed by atoms with Crippen LogP contribution in [0.2, 0.25) is 0 Å². The Morgan fingerprint density at radius 3 is 2.59 bits per heavy atom. The molecule has 3 aliphatic rings. The molecule has 2 heterocycles. The Bertz CT molecular complexity index is 1000. The van der Waals surface area contributed by atoms with Crippen molar-refractivity contribution in [3.05, 3.63) is 47.7 Å². The van der Waals surface area contributed by atoms with Crippen molar-refractivity contribution < 1.29 is 9.90 Å². The summed E-state index contributed by atoms with van der Waals surface area (Å²) in [5, 5.41) is 13.5. The fraction of sp³-hybridized carbons (Fsp3) is 0.586. The molecule has 5 rings (SSSR count). The van der Waals surface area contributed by atoms with E-state index in [4.69, 9.17) is 0 Å². The number of hydrogen-bond acceptors (Lipinski definition) is 4. The highest BCUT2D eigenvalue weighted by Gasteiger charge is 2.33. The lowest BCUT2D eigenvalue weighted by Crippen LogP contribution is -2.37. The number of pyridine rings is 1. The molecule has 2 fully saturated rings. The third-order valence-electron chi connectivity index (χ3n) is 8.22. The largest absolute Gasteiger partial charge is 0.393 e. The van der Waals surface area contributed by atoms with Crippen molar-refractivity contribution >= 4 is 23.1 Å². The Balaban J connectivity index is 1.43. The normalized spacial score (nSPS) is 26.9. The van der Waals surface area contributed by atoms with Gasteiger partial charge in [0.1, 0.15) is 5.82 Å². The smallest absolute Gasteiger partial charge is 0.230 e. The number of amides is 1. The molecule has 0 bridgehead atoms. The van der Waals surface area contributed by atoms with Crippen LogP contribution in [0.1, 0.15) is 88.7 Å². The van der Waals surface area contributed by atoms with E-state index >= 15 is 0 Å². The molecule has 2 N–H and O–H groups in total. The molecule has 1 aliphatic heterocycles. The molecule has 5 heteroatoms. The van der Waals surface area contributed by atoms with Gasteiger partial charge in [-0.2, -0.15) is 0 Å². The third kappa shape index (κ3) is 5.00. The zero-order valence-electron chi connectivity index (χ0n) is 20.7. The minimum Gasteiger partial charge on any atom is -0.393 e. The second-order valence-electron chi connectivity index (χ2n) is 11.2. The SMILES string of the molecule is CC(C)CC1CCC(C(=O)N2Cc3cccnc3Nc3ccc(C4CCC(O)CC4)cc32)CC1. The molecule has 0 unspecified atom stereocenters. The van der Waals surface area contributed by atoms with Gasteiger partial charge >= 0.3 is 0 Å². The van der Waals surface area contributed by atoms with E-state index in [-0.39, 0.29) is 17.9 Å². The van der Waals surface area contributed by atoms with E-state index in [0.29, 0.717) is 12.5 Å². The molecular weight excluding hydrogens is 422 g/mol. The maximum Gasteiger partial charge on any atom is 0.230 e. The van der Waals surface area contributed by atoms with Gasteiger partial charge in [-0.05, 0) is 99.3 Å². The molecule has 5 nitrogen and oxygen atoms in total. The highest BCUT2D eigenvalue weighted by atomic mass is 16.3. The minimum absolute atomic E-state index is 0.1000. The van der Waals surface area contributed by atoms with Crippen LogP contribution in [-0.4, -0.2) is 22.1 Å². The summed E-state index contributed by atoms with van der Waals surface area (Å²) in [4.78, 5) is 20.6. The zero-order valence-corrected chi connectivity index (χ0v) is 20.7. The lowest BCUT2D eigenvalue weighted by atomic mass is 9.78. The van der Waals surface area contributed by atoms with Gasteiger partial charge in [0.15, 0.2) is 0 Å². The van der Waals surface area contributed by atoms with Crippen molar-refractivity contribution in [1.29, 1.82) is 0 Å². The van der Waals surface area contributed by atoms with Crippen molar-refractivity contribution in [3.8, 4) is 0 Å². The van der Waals surface area contributed by atoms with Crippen LogP contribution in [-0.2, 0) is 11.3 Å². The van der Waals surface area contributed by atoms with Crippen molar-refractivity contribution in [2.75, 3.05) is 10.2 Å². The summed E-state index contributed by atoms with van der Waals surface area (Å²) in [5.74, 6) is 3.14. The molecule has 0 saturated heterocycles. The molecule has 34 heavy (non-hydrogen) atoms. The fourth-order valence-corrected chi connectivity index (χ4v) is 6.33. The predicted molar refractivity (Wildman–Crippen MR) is 137 cm³/mol. The number of aromatic nitrogens is 1. The van der Waals surface area contributed by atoms with E-state index in [1.54, 1.807) is 6.20 Å². The molecule has 2 aliphatic carbocycles. The van der Waals surface area contributed by atoms with Gasteiger partial charge in [0.2, 0.25) is 5.91 Å². The highest BCUT2D eigenvalue weighted by molar-refractivity contribution is 5.99. The fourth-order valence-electron chi connectivity index (χ4n) is 6.33. The maximum atomic E-state index is 14.0. The lowest BCUT2D eigenvalue weighted by molar-refractivity contribution is -0.123. The number of anilines is 3. The van der Waals surface area contributed by atoms with Gasteiger partial charge in [-0.25, -0.2) is 4.98 Å². The van der Waals surface area contributed by atoms with Gasteiger partial charge in [0.25, 0.3) is 0 Å². The summed E-state index contributed by atoms with van der Waals surface area (Å²) in [7, 11) is 0. The zero-order chi connectivity index (χ0) is 23.7. The molecule has 1 aromatic carbocycles. The molecule has 1 amide bonds. The van der Waals surface area contributed by atoms with Crippen molar-refractivity contribution in [2.24, 2.45) is 17.8 Å². The molecule has 0 atom stereocenters. The van der Waals surface area contributed by atoms with E-state index in [9.17, 15) is 9.90 Å². The third-order valence-corrected chi connectivity index (χ3v) is 8.22. The number of fused-ring (bicyclic) bond motifs is 2. The minimum atomic E-state index is -0.164. The first-order valence-corrected chi connectivity index (χ1v) is 13.3. The second-order valence-corrected chi connectivity index (χ2v) is 11.2. The van der Waals surface area contributed by atoms with Crippen LogP contribution < -0.4 is 10.2 Å². The van der Waals surface area contributed by atoms with Gasteiger partial charge in [-0.3, -0.25) is 4.79 Å². The van der Waals surface area contributed by atoms with Crippen LogP contribution in [0, 0.1) is 17.8 Å². The van der Waals surface area contributed by atoms with Gasteiger partial charge < -0.3 is 15.3 Å². The first-order chi connectivity index (χ1) is 16.5. The van der Waals surface area contributed by atoms with Gasteiger partial charge in [-0.1, -0.05) is 26.0 Å². The molecule has 2 saturated carbocycles. The van der Waals surface area contributed by atoms with E-state index in [0.717, 1.165) is 86.0 Å². The Labute approximate surface area is 204 Å². The molecule has 0 spiro atoms. The van der Waals surface area contributed by atoms with Crippen molar-refractivity contribution in [3.63, 3.8) is 0 Å².